The van der Waals surface area contributed by atoms with E-state index >= 15 is 0 Å². The molecule has 58 heavy (non-hydrogen) atoms. The van der Waals surface area contributed by atoms with Crippen LogP contribution in [0.3, 0.4) is 0 Å². The fraction of sp³-hybridized carbons (Fsp3) is 0.0392. The van der Waals surface area contributed by atoms with Crippen LogP contribution in [-0.4, -0.2) is 11.8 Å². The third-order valence-corrected chi connectivity index (χ3v) is 13.4. The topological polar surface area (TPSA) is 58.0 Å². The standard InChI is InChI=1S/C37H29N2P2.2C7H7.H2O.2Pd/c1-5-17-30(18-6-1)40(31-19-7-2-8-20-31)36-27-15-13-25-34(36)38-29-39-35-26-14-16-28-37(35)41(32-21-9-3-10-22-32)33-23-11-4-12-24-33;2*1-7-5-3-2-4-6-7;;;/h1-29H;2*3-6H,1H3;1H2;;/q3*-1;;;+2. The third kappa shape index (κ3) is 14.3. The Bertz CT molecular complexity index is 2200. The molecule has 3 nitrogen and oxygen atoms in total. The first kappa shape index (κ1) is 47.7. The minimum atomic E-state index is -0.767. The normalized spacial score (nSPS) is 10.1. The van der Waals surface area contributed by atoms with Crippen molar-refractivity contribution in [1.82, 2.24) is 0 Å². The number of hydrogen-bond donors (Lipinski definition) is 0. The van der Waals surface area contributed by atoms with Crippen molar-refractivity contribution in [3.8, 4) is 0 Å². The summed E-state index contributed by atoms with van der Waals surface area (Å²) in [4.78, 5) is 4.95. The van der Waals surface area contributed by atoms with Gasteiger partial charge in [-0.25, -0.2) is 0 Å². The SMILES string of the molecule is C(=Nc1ccccc1P(c1ccccc1)c1ccccc1)[N-]c1ccccc1P(c1ccccc1)c1ccccc1.Cc1cc[c-]cc1.Cc1cc[c-]cc1.O.[Pd+2].[Pd]. The summed E-state index contributed by atoms with van der Waals surface area (Å²) in [5.41, 5.74) is 4.47. The molecule has 0 spiro atoms. The molecule has 296 valence electrons. The van der Waals surface area contributed by atoms with Crippen LogP contribution in [0.1, 0.15) is 11.1 Å². The molecule has 0 unspecified atom stereocenters. The average Bonchev–Trinajstić information content (AvgIpc) is 3.25. The molecule has 8 aromatic rings. The maximum Gasteiger partial charge on any atom is 2.00 e. The van der Waals surface area contributed by atoms with Crippen LogP contribution < -0.4 is 31.8 Å². The molecule has 8 aromatic carbocycles. The van der Waals surface area contributed by atoms with Gasteiger partial charge in [0.25, 0.3) is 0 Å². The molecule has 0 saturated heterocycles. The van der Waals surface area contributed by atoms with Crippen LogP contribution in [-0.2, 0) is 40.8 Å². The van der Waals surface area contributed by atoms with Crippen LogP contribution >= 0.6 is 15.8 Å². The van der Waals surface area contributed by atoms with Gasteiger partial charge >= 0.3 is 20.4 Å². The van der Waals surface area contributed by atoms with Gasteiger partial charge < -0.3 is 15.8 Å². The number of para-hydroxylation sites is 2. The Morgan fingerprint density at radius 3 is 1.14 bits per heavy atom. The van der Waals surface area contributed by atoms with E-state index in [1.165, 1.54) is 43.0 Å². The second kappa shape index (κ2) is 26.4. The molecule has 0 bridgehead atoms. The van der Waals surface area contributed by atoms with E-state index in [-0.39, 0.29) is 46.3 Å². The summed E-state index contributed by atoms with van der Waals surface area (Å²) in [6.07, 6.45) is 1.73. The Morgan fingerprint density at radius 2 is 0.759 bits per heavy atom. The molecule has 0 aliphatic heterocycles. The van der Waals surface area contributed by atoms with E-state index in [2.05, 4.69) is 196 Å². The van der Waals surface area contributed by atoms with Crippen LogP contribution in [0.25, 0.3) is 5.32 Å². The van der Waals surface area contributed by atoms with E-state index in [4.69, 9.17) is 10.3 Å². The Hall–Kier alpha value is -4.63. The molecule has 0 amide bonds. The summed E-state index contributed by atoms with van der Waals surface area (Å²) < 4.78 is 0. The van der Waals surface area contributed by atoms with Gasteiger partial charge in [-0.2, -0.15) is 71.8 Å². The molecule has 2 N–H and O–H groups in total. The summed E-state index contributed by atoms with van der Waals surface area (Å²) in [6.45, 7) is 4.13. The summed E-state index contributed by atoms with van der Waals surface area (Å²) in [5.74, 6) is 0. The van der Waals surface area contributed by atoms with E-state index in [1.54, 1.807) is 6.34 Å². The minimum Gasteiger partial charge on any atom is -0.443 e. The van der Waals surface area contributed by atoms with Gasteiger partial charge in [0.2, 0.25) is 0 Å². The predicted octanol–water partition coefficient (Wildman–Crippen LogP) is 10.3. The number of nitrogens with zero attached hydrogens (tertiary/aromatic N) is 2. The minimum absolute atomic E-state index is 0. The van der Waals surface area contributed by atoms with Crippen molar-refractivity contribution in [2.45, 2.75) is 13.8 Å². The van der Waals surface area contributed by atoms with E-state index in [1.807, 2.05) is 48.5 Å². The fourth-order valence-electron chi connectivity index (χ4n) is 5.78. The monoisotopic (exact) mass is 975 g/mol. The van der Waals surface area contributed by atoms with Gasteiger partial charge in [-0.3, -0.25) is 0 Å². The largest absolute Gasteiger partial charge is 2.00 e. The molecule has 0 heterocycles. The van der Waals surface area contributed by atoms with Crippen molar-refractivity contribution in [3.63, 3.8) is 0 Å². The molecule has 8 rings (SSSR count). The Morgan fingerprint density at radius 1 is 0.431 bits per heavy atom. The van der Waals surface area contributed by atoms with Crippen LogP contribution in [0.15, 0.2) is 223 Å². The maximum absolute atomic E-state index is 4.95. The van der Waals surface area contributed by atoms with E-state index in [0.717, 1.165) is 11.4 Å². The van der Waals surface area contributed by atoms with E-state index < -0.39 is 15.8 Å². The van der Waals surface area contributed by atoms with Crippen LogP contribution in [0.4, 0.5) is 11.4 Å². The molecule has 0 aliphatic carbocycles. The van der Waals surface area contributed by atoms with Crippen molar-refractivity contribution in [1.29, 1.82) is 0 Å². The van der Waals surface area contributed by atoms with Crippen LogP contribution in [0, 0.1) is 26.0 Å². The summed E-state index contributed by atoms with van der Waals surface area (Å²) >= 11 is 0. The predicted molar refractivity (Wildman–Crippen MR) is 245 cm³/mol. The first-order valence-corrected chi connectivity index (χ1v) is 20.9. The quantitative estimate of drug-likeness (QED) is 0.0455. The number of rotatable bonds is 9. The van der Waals surface area contributed by atoms with Crippen molar-refractivity contribution in [3.05, 3.63) is 247 Å². The van der Waals surface area contributed by atoms with Gasteiger partial charge in [-0.05, 0) is 59.0 Å². The van der Waals surface area contributed by atoms with Crippen LogP contribution in [0.2, 0.25) is 0 Å². The van der Waals surface area contributed by atoms with Crippen molar-refractivity contribution >= 4 is 65.4 Å². The number of benzene rings is 8. The average molecular weight is 977 g/mol. The van der Waals surface area contributed by atoms with E-state index in [0.29, 0.717) is 0 Å². The first-order valence-electron chi connectivity index (χ1n) is 18.2. The second-order valence-corrected chi connectivity index (χ2v) is 16.9. The molecular weight excluding hydrogens is 931 g/mol. The van der Waals surface area contributed by atoms with Crippen molar-refractivity contribution < 1.29 is 46.3 Å². The van der Waals surface area contributed by atoms with Gasteiger partial charge in [0.15, 0.2) is 0 Å². The zero-order chi connectivity index (χ0) is 37.9. The fourth-order valence-corrected chi connectivity index (χ4v) is 10.6. The van der Waals surface area contributed by atoms with E-state index in [9.17, 15) is 0 Å². The van der Waals surface area contributed by atoms with Crippen LogP contribution in [0.5, 0.6) is 0 Å². The number of aliphatic imine (C=N–C) groups is 1. The molecule has 0 fully saturated rings. The molecular formula is C51H45N2OP2Pd2-. The zero-order valence-electron chi connectivity index (χ0n) is 32.3. The van der Waals surface area contributed by atoms with Gasteiger partial charge in [0, 0.05) is 20.4 Å². The second-order valence-electron chi connectivity index (χ2n) is 12.5. The third-order valence-electron chi connectivity index (χ3n) is 8.47. The first-order chi connectivity index (χ1) is 27.2. The Balaban J connectivity index is 0.000000447. The summed E-state index contributed by atoms with van der Waals surface area (Å²) in [7, 11) is -1.53. The van der Waals surface area contributed by atoms with Crippen molar-refractivity contribution in [2.75, 3.05) is 0 Å². The zero-order valence-corrected chi connectivity index (χ0v) is 37.2. The van der Waals surface area contributed by atoms with Crippen molar-refractivity contribution in [2.24, 2.45) is 4.99 Å². The van der Waals surface area contributed by atoms with Gasteiger partial charge in [-0.1, -0.05) is 190 Å². The molecule has 7 heteroatoms. The maximum atomic E-state index is 4.95. The number of hydrogen-bond acceptors (Lipinski definition) is 1. The molecule has 0 aromatic heterocycles. The summed E-state index contributed by atoms with van der Waals surface area (Å²) in [5, 5.41) is 12.6. The molecule has 0 aliphatic rings. The molecule has 0 saturated carbocycles. The smallest absolute Gasteiger partial charge is 0.443 e. The molecule has 0 radical (unpaired) electrons. The van der Waals surface area contributed by atoms with Gasteiger partial charge in [0.1, 0.15) is 0 Å². The van der Waals surface area contributed by atoms with Gasteiger partial charge in [0.05, 0.1) is 0 Å². The van der Waals surface area contributed by atoms with Gasteiger partial charge in [-0.15, -0.1) is 0 Å². The molecule has 0 atom stereocenters. The summed E-state index contributed by atoms with van der Waals surface area (Å²) in [6, 6.07) is 81.5. The Kier molecular flexibility index (Phi) is 21.7. The Labute approximate surface area is 374 Å². The number of aryl methyl sites for hydroxylation is 2.